The maximum atomic E-state index is 14.0. The van der Waals surface area contributed by atoms with Crippen molar-refractivity contribution >= 4 is 23.0 Å². The Hall–Kier alpha value is -3.58. The lowest BCUT2D eigenvalue weighted by atomic mass is 10.0. The van der Waals surface area contributed by atoms with Gasteiger partial charge in [0.15, 0.2) is 0 Å². The summed E-state index contributed by atoms with van der Waals surface area (Å²) in [5, 5.41) is 5.81. The molecule has 208 valence electrons. The lowest BCUT2D eigenvalue weighted by Crippen LogP contribution is -2.18. The number of halogens is 2. The van der Waals surface area contributed by atoms with Crippen molar-refractivity contribution < 1.29 is 13.6 Å². The number of benzene rings is 2. The van der Waals surface area contributed by atoms with Crippen molar-refractivity contribution in [2.75, 3.05) is 31.8 Å². The summed E-state index contributed by atoms with van der Waals surface area (Å²) in [6, 6.07) is 12.6. The quantitative estimate of drug-likeness (QED) is 0.318. The maximum absolute atomic E-state index is 14.0. The Morgan fingerprint density at radius 2 is 1.82 bits per heavy atom. The monoisotopic (exact) mass is 534 g/mol. The van der Waals surface area contributed by atoms with Gasteiger partial charge in [-0.05, 0) is 105 Å². The second-order valence-corrected chi connectivity index (χ2v) is 10.4. The average Bonchev–Trinajstić information content (AvgIpc) is 3.36. The van der Waals surface area contributed by atoms with Gasteiger partial charge in [-0.15, -0.1) is 0 Å². The molecule has 1 aliphatic carbocycles. The SMILES string of the molecule is C=C(C)c1cc(CC)cnc1NC.CN(C)Cc1ccc(NC(=O)c2ccc3c(c2)CCC3)cc1C(C)(F)F. The first kappa shape index (κ1) is 30.0. The fourth-order valence-electron chi connectivity index (χ4n) is 4.68. The number of nitrogens with zero attached hydrogens (tertiary/aromatic N) is 2. The largest absolute Gasteiger partial charge is 0.373 e. The Morgan fingerprint density at radius 3 is 2.44 bits per heavy atom. The van der Waals surface area contributed by atoms with Gasteiger partial charge in [0.2, 0.25) is 0 Å². The van der Waals surface area contributed by atoms with Gasteiger partial charge >= 0.3 is 0 Å². The van der Waals surface area contributed by atoms with Gasteiger partial charge < -0.3 is 15.5 Å². The summed E-state index contributed by atoms with van der Waals surface area (Å²) >= 11 is 0. The van der Waals surface area contributed by atoms with Crippen molar-refractivity contribution in [3.8, 4) is 0 Å². The molecule has 0 bridgehead atoms. The maximum Gasteiger partial charge on any atom is 0.270 e. The van der Waals surface area contributed by atoms with E-state index in [2.05, 4.69) is 35.2 Å². The predicted octanol–water partition coefficient (Wildman–Crippen LogP) is 7.32. The molecule has 2 N–H and O–H groups in total. The van der Waals surface area contributed by atoms with E-state index >= 15 is 0 Å². The molecule has 39 heavy (non-hydrogen) atoms. The highest BCUT2D eigenvalue weighted by atomic mass is 19.3. The highest BCUT2D eigenvalue weighted by Crippen LogP contribution is 2.33. The van der Waals surface area contributed by atoms with E-state index in [1.54, 1.807) is 18.2 Å². The summed E-state index contributed by atoms with van der Waals surface area (Å²) in [5.41, 5.74) is 7.35. The molecule has 1 aliphatic rings. The number of pyridine rings is 1. The molecule has 1 amide bonds. The number of anilines is 2. The minimum absolute atomic E-state index is 0.0575. The molecule has 3 aromatic rings. The fourth-order valence-corrected chi connectivity index (χ4v) is 4.68. The number of carbonyl (C=O) groups excluding carboxylic acids is 1. The molecule has 1 aromatic heterocycles. The standard InChI is InChI=1S/C21H24F2N2O.C11H16N2/c1-21(22,23)19-12-18(10-9-17(19)13-25(2)3)24-20(26)16-8-7-14-5-4-6-15(14)11-16;1-5-9-6-10(8(2)3)11(12-4)13-7-9/h7-12H,4-6,13H2,1-3H3,(H,24,26);6-7H,2,5H2,1,3-4H3,(H,12,13). The van der Waals surface area contributed by atoms with Gasteiger partial charge in [-0.2, -0.15) is 0 Å². The van der Waals surface area contributed by atoms with Gasteiger partial charge in [0.05, 0.1) is 0 Å². The van der Waals surface area contributed by atoms with Crippen molar-refractivity contribution in [1.29, 1.82) is 0 Å². The zero-order chi connectivity index (χ0) is 28.7. The van der Waals surface area contributed by atoms with Crippen molar-refractivity contribution in [1.82, 2.24) is 9.88 Å². The number of allylic oxidation sites excluding steroid dienone is 1. The molecule has 5 nitrogen and oxygen atoms in total. The van der Waals surface area contributed by atoms with Crippen LogP contribution in [-0.2, 0) is 31.7 Å². The molecule has 0 aliphatic heterocycles. The van der Waals surface area contributed by atoms with Crippen LogP contribution in [0.1, 0.15) is 70.9 Å². The molecule has 0 unspecified atom stereocenters. The molecule has 0 radical (unpaired) electrons. The van der Waals surface area contributed by atoms with E-state index in [-0.39, 0.29) is 11.5 Å². The third-order valence-corrected chi connectivity index (χ3v) is 6.74. The Morgan fingerprint density at radius 1 is 1.10 bits per heavy atom. The van der Waals surface area contributed by atoms with Crippen LogP contribution in [0, 0.1) is 0 Å². The molecule has 0 fully saturated rings. The van der Waals surface area contributed by atoms with E-state index in [0.29, 0.717) is 23.4 Å². The normalized spacial score (nSPS) is 12.4. The van der Waals surface area contributed by atoms with Gasteiger partial charge in [-0.25, -0.2) is 13.8 Å². The minimum Gasteiger partial charge on any atom is -0.373 e. The summed E-state index contributed by atoms with van der Waals surface area (Å²) in [4.78, 5) is 18.7. The van der Waals surface area contributed by atoms with Gasteiger partial charge in [-0.1, -0.05) is 25.6 Å². The highest BCUT2D eigenvalue weighted by Gasteiger charge is 2.28. The van der Waals surface area contributed by atoms with Crippen LogP contribution in [0.4, 0.5) is 20.3 Å². The van der Waals surface area contributed by atoms with E-state index < -0.39 is 5.92 Å². The number of carbonyl (C=O) groups is 1. The molecular weight excluding hydrogens is 494 g/mol. The first-order valence-corrected chi connectivity index (χ1v) is 13.3. The number of rotatable bonds is 8. The smallest absolute Gasteiger partial charge is 0.270 e. The van der Waals surface area contributed by atoms with Crippen LogP contribution in [0.3, 0.4) is 0 Å². The van der Waals surface area contributed by atoms with E-state index in [4.69, 9.17) is 0 Å². The van der Waals surface area contributed by atoms with Gasteiger partial charge in [-0.3, -0.25) is 4.79 Å². The van der Waals surface area contributed by atoms with E-state index in [1.807, 2.05) is 51.3 Å². The molecule has 0 spiro atoms. The molecule has 0 atom stereocenters. The number of fused-ring (bicyclic) bond motifs is 1. The second-order valence-electron chi connectivity index (χ2n) is 10.4. The Balaban J connectivity index is 0.000000272. The van der Waals surface area contributed by atoms with E-state index in [0.717, 1.165) is 49.6 Å². The summed E-state index contributed by atoms with van der Waals surface area (Å²) in [5.74, 6) is -2.34. The van der Waals surface area contributed by atoms with Crippen LogP contribution in [-0.4, -0.2) is 36.9 Å². The third kappa shape index (κ3) is 7.96. The molecule has 0 saturated heterocycles. The van der Waals surface area contributed by atoms with Crippen molar-refractivity contribution in [3.05, 3.63) is 94.2 Å². The first-order chi connectivity index (χ1) is 18.4. The summed E-state index contributed by atoms with van der Waals surface area (Å²) in [6.45, 7) is 9.35. The fraction of sp³-hybridized carbons (Fsp3) is 0.375. The van der Waals surface area contributed by atoms with Crippen molar-refractivity contribution in [2.24, 2.45) is 0 Å². The van der Waals surface area contributed by atoms with Crippen molar-refractivity contribution in [3.63, 3.8) is 0 Å². The predicted molar refractivity (Wildman–Crippen MR) is 158 cm³/mol. The summed E-state index contributed by atoms with van der Waals surface area (Å²) in [6.07, 6.45) is 6.07. The van der Waals surface area contributed by atoms with Gasteiger partial charge in [0, 0.05) is 49.1 Å². The Labute approximate surface area is 231 Å². The van der Waals surface area contributed by atoms with Crippen LogP contribution in [0.5, 0.6) is 0 Å². The zero-order valence-electron chi connectivity index (χ0n) is 23.9. The second kappa shape index (κ2) is 13.0. The minimum atomic E-state index is -2.97. The van der Waals surface area contributed by atoms with Crippen LogP contribution in [0.15, 0.2) is 55.2 Å². The lowest BCUT2D eigenvalue weighted by molar-refractivity contribution is 0.0161. The number of amides is 1. The topological polar surface area (TPSA) is 57.3 Å². The number of aryl methyl sites for hydroxylation is 3. The highest BCUT2D eigenvalue weighted by molar-refractivity contribution is 6.04. The lowest BCUT2D eigenvalue weighted by Gasteiger charge is -2.20. The van der Waals surface area contributed by atoms with E-state index in [1.165, 1.54) is 22.8 Å². The zero-order valence-corrected chi connectivity index (χ0v) is 23.9. The van der Waals surface area contributed by atoms with Crippen LogP contribution in [0.2, 0.25) is 0 Å². The summed E-state index contributed by atoms with van der Waals surface area (Å²) in [7, 11) is 5.54. The molecule has 7 heteroatoms. The number of nitrogens with one attached hydrogen (secondary N) is 2. The molecular formula is C32H40F2N4O. The average molecular weight is 535 g/mol. The molecule has 1 heterocycles. The number of hydrogen-bond donors (Lipinski definition) is 2. The van der Waals surface area contributed by atoms with Gasteiger partial charge in [0.25, 0.3) is 11.8 Å². The van der Waals surface area contributed by atoms with E-state index in [9.17, 15) is 13.6 Å². The number of aromatic nitrogens is 1. The molecule has 0 saturated carbocycles. The van der Waals surface area contributed by atoms with Crippen LogP contribution in [0.25, 0.3) is 5.57 Å². The van der Waals surface area contributed by atoms with Crippen molar-refractivity contribution in [2.45, 2.75) is 58.9 Å². The Kier molecular flexibility index (Phi) is 9.97. The van der Waals surface area contributed by atoms with Crippen LogP contribution >= 0.6 is 0 Å². The molecule has 4 rings (SSSR count). The number of alkyl halides is 2. The first-order valence-electron chi connectivity index (χ1n) is 13.3. The molecule has 2 aromatic carbocycles. The van der Waals surface area contributed by atoms with Gasteiger partial charge in [0.1, 0.15) is 5.82 Å². The Bertz CT molecular complexity index is 1330. The number of hydrogen-bond acceptors (Lipinski definition) is 4. The third-order valence-electron chi connectivity index (χ3n) is 6.74. The van der Waals surface area contributed by atoms with Crippen LogP contribution < -0.4 is 10.6 Å². The summed E-state index contributed by atoms with van der Waals surface area (Å²) < 4.78 is 28.0.